The molecule has 0 bridgehead atoms. The molecule has 37 heavy (non-hydrogen) atoms. The van der Waals surface area contributed by atoms with Gasteiger partial charge in [0.05, 0.1) is 14.2 Å². The van der Waals surface area contributed by atoms with Crippen LogP contribution in [0.1, 0.15) is 51.4 Å². The van der Waals surface area contributed by atoms with Gasteiger partial charge in [-0.2, -0.15) is 0 Å². The van der Waals surface area contributed by atoms with E-state index in [1.165, 1.54) is 7.11 Å². The van der Waals surface area contributed by atoms with Crippen LogP contribution in [0.2, 0.25) is 0 Å². The number of H-pyrrole nitrogens is 1. The van der Waals surface area contributed by atoms with Crippen LogP contribution in [0.4, 0.5) is 5.69 Å². The fourth-order valence-corrected chi connectivity index (χ4v) is 4.34. The Morgan fingerprint density at radius 2 is 1.57 bits per heavy atom. The monoisotopic (exact) mass is 499 g/mol. The second-order valence-electron chi connectivity index (χ2n) is 9.84. The molecule has 0 aliphatic carbocycles. The van der Waals surface area contributed by atoms with Crippen molar-refractivity contribution in [3.63, 3.8) is 0 Å². The zero-order chi connectivity index (χ0) is 26.7. The first-order valence-corrected chi connectivity index (χ1v) is 12.1. The molecule has 7 heteroatoms. The summed E-state index contributed by atoms with van der Waals surface area (Å²) in [7, 11) is 3.08. The molecule has 4 rings (SSSR count). The molecule has 3 aromatic carbocycles. The van der Waals surface area contributed by atoms with Crippen LogP contribution in [-0.2, 0) is 5.41 Å². The van der Waals surface area contributed by atoms with Crippen molar-refractivity contribution in [3.05, 3.63) is 88.6 Å². The van der Waals surface area contributed by atoms with Gasteiger partial charge in [-0.3, -0.25) is 9.59 Å². The third-order valence-corrected chi connectivity index (χ3v) is 6.70. The highest BCUT2D eigenvalue weighted by Crippen LogP contribution is 2.29. The van der Waals surface area contributed by atoms with E-state index in [0.29, 0.717) is 35.0 Å². The number of ether oxygens (including phenoxy) is 2. The van der Waals surface area contributed by atoms with Gasteiger partial charge < -0.3 is 25.1 Å². The number of carbonyl (C=O) groups excluding carboxylic acids is 2. The summed E-state index contributed by atoms with van der Waals surface area (Å²) in [5.41, 5.74) is 5.51. The fourth-order valence-electron chi connectivity index (χ4n) is 4.34. The summed E-state index contributed by atoms with van der Waals surface area (Å²) in [6.07, 6.45) is 0. The van der Waals surface area contributed by atoms with Crippen molar-refractivity contribution >= 4 is 28.4 Å². The smallest absolute Gasteiger partial charge is 0.268 e. The van der Waals surface area contributed by atoms with Crippen molar-refractivity contribution in [2.45, 2.75) is 33.1 Å². The van der Waals surface area contributed by atoms with Gasteiger partial charge >= 0.3 is 0 Å². The molecule has 0 saturated heterocycles. The molecule has 0 radical (unpaired) electrons. The zero-order valence-corrected chi connectivity index (χ0v) is 22.1. The number of carbonyl (C=O) groups is 2. The molecule has 0 spiro atoms. The molecule has 0 unspecified atom stereocenters. The number of hydrogen-bond donors (Lipinski definition) is 3. The average Bonchev–Trinajstić information content (AvgIpc) is 3.22. The summed E-state index contributed by atoms with van der Waals surface area (Å²) >= 11 is 0. The first-order valence-electron chi connectivity index (χ1n) is 12.1. The van der Waals surface area contributed by atoms with Gasteiger partial charge in [-0.05, 0) is 67.4 Å². The van der Waals surface area contributed by atoms with Gasteiger partial charge in [-0.1, -0.05) is 37.6 Å². The van der Waals surface area contributed by atoms with Crippen LogP contribution in [0.5, 0.6) is 11.5 Å². The van der Waals surface area contributed by atoms with Crippen molar-refractivity contribution in [2.75, 3.05) is 26.1 Å². The largest absolute Gasteiger partial charge is 0.493 e. The summed E-state index contributed by atoms with van der Waals surface area (Å²) < 4.78 is 10.5. The summed E-state index contributed by atoms with van der Waals surface area (Å²) in [4.78, 5) is 29.0. The number of benzene rings is 3. The Morgan fingerprint density at radius 3 is 2.24 bits per heavy atom. The quantitative estimate of drug-likeness (QED) is 0.287. The van der Waals surface area contributed by atoms with Gasteiger partial charge in [0, 0.05) is 34.1 Å². The minimum atomic E-state index is -0.321. The lowest BCUT2D eigenvalue weighted by molar-refractivity contribution is 0.0940. The standard InChI is InChI=1S/C30H33N3O4/c1-18-7-13-24-23(15-18)19(2)27(33-24)29(35)31-17-30(3,4)21-9-11-22(12-10-21)32-28(34)20-8-14-25(36-5)26(16-20)37-6/h7-16,33H,17H2,1-6H3,(H,31,35)(H,32,34). The molecular weight excluding hydrogens is 466 g/mol. The van der Waals surface area contributed by atoms with Crippen molar-refractivity contribution < 1.29 is 19.1 Å². The van der Waals surface area contributed by atoms with Crippen LogP contribution in [0.15, 0.2) is 60.7 Å². The van der Waals surface area contributed by atoms with Crippen molar-refractivity contribution in [1.29, 1.82) is 0 Å². The van der Waals surface area contributed by atoms with Crippen LogP contribution in [0.3, 0.4) is 0 Å². The van der Waals surface area contributed by atoms with Gasteiger partial charge in [-0.25, -0.2) is 0 Å². The van der Waals surface area contributed by atoms with E-state index < -0.39 is 0 Å². The molecule has 2 amide bonds. The highest BCUT2D eigenvalue weighted by atomic mass is 16.5. The number of methoxy groups -OCH3 is 2. The fraction of sp³-hybridized carbons (Fsp3) is 0.267. The van der Waals surface area contributed by atoms with E-state index in [1.54, 1.807) is 25.3 Å². The minimum Gasteiger partial charge on any atom is -0.493 e. The second kappa shape index (κ2) is 10.4. The first kappa shape index (κ1) is 25.8. The summed E-state index contributed by atoms with van der Waals surface area (Å²) in [5.74, 6) is 0.682. The van der Waals surface area contributed by atoms with E-state index in [2.05, 4.69) is 35.5 Å². The Kier molecular flexibility index (Phi) is 7.25. The maximum atomic E-state index is 13.0. The number of aryl methyl sites for hydroxylation is 2. The number of rotatable bonds is 8. The van der Waals surface area contributed by atoms with E-state index in [9.17, 15) is 9.59 Å². The Bertz CT molecular complexity index is 1450. The van der Waals surface area contributed by atoms with E-state index in [1.807, 2.05) is 50.2 Å². The Labute approximate surface area is 217 Å². The van der Waals surface area contributed by atoms with Crippen molar-refractivity contribution in [2.24, 2.45) is 0 Å². The van der Waals surface area contributed by atoms with Crippen LogP contribution >= 0.6 is 0 Å². The van der Waals surface area contributed by atoms with Crippen LogP contribution < -0.4 is 20.1 Å². The predicted molar refractivity (Wildman–Crippen MR) is 147 cm³/mol. The lowest BCUT2D eigenvalue weighted by Gasteiger charge is -2.26. The molecule has 3 N–H and O–H groups in total. The van der Waals surface area contributed by atoms with Gasteiger partial charge in [0.25, 0.3) is 11.8 Å². The summed E-state index contributed by atoms with van der Waals surface area (Å²) in [6, 6.07) is 18.8. The number of aromatic nitrogens is 1. The first-order chi connectivity index (χ1) is 17.6. The van der Waals surface area contributed by atoms with Gasteiger partial charge in [0.2, 0.25) is 0 Å². The Balaban J connectivity index is 1.41. The second-order valence-corrected chi connectivity index (χ2v) is 9.84. The number of hydrogen-bond acceptors (Lipinski definition) is 4. The molecule has 1 aromatic heterocycles. The maximum Gasteiger partial charge on any atom is 0.268 e. The molecule has 1 heterocycles. The molecule has 192 valence electrons. The SMILES string of the molecule is COc1ccc(C(=O)Nc2ccc(C(C)(C)CNC(=O)c3[nH]c4ccc(C)cc4c3C)cc2)cc1OC. The van der Waals surface area contributed by atoms with E-state index in [0.717, 1.165) is 27.6 Å². The average molecular weight is 500 g/mol. The van der Waals surface area contributed by atoms with Crippen LogP contribution in [-0.4, -0.2) is 37.6 Å². The number of nitrogens with one attached hydrogen (secondary N) is 3. The molecule has 0 aliphatic rings. The molecule has 4 aromatic rings. The number of anilines is 1. The van der Waals surface area contributed by atoms with Crippen LogP contribution in [0.25, 0.3) is 10.9 Å². The third-order valence-electron chi connectivity index (χ3n) is 6.70. The Morgan fingerprint density at radius 1 is 0.865 bits per heavy atom. The van der Waals surface area contributed by atoms with Crippen molar-refractivity contribution in [3.8, 4) is 11.5 Å². The Hall–Kier alpha value is -4.26. The van der Waals surface area contributed by atoms with Gasteiger partial charge in [0.1, 0.15) is 5.69 Å². The van der Waals surface area contributed by atoms with E-state index in [4.69, 9.17) is 9.47 Å². The highest BCUT2D eigenvalue weighted by Gasteiger charge is 2.23. The number of aromatic amines is 1. The highest BCUT2D eigenvalue weighted by molar-refractivity contribution is 6.04. The maximum absolute atomic E-state index is 13.0. The van der Waals surface area contributed by atoms with Gasteiger partial charge in [-0.15, -0.1) is 0 Å². The number of amides is 2. The molecule has 0 atom stereocenters. The van der Waals surface area contributed by atoms with Crippen molar-refractivity contribution in [1.82, 2.24) is 10.3 Å². The molecule has 7 nitrogen and oxygen atoms in total. The predicted octanol–water partition coefficient (Wildman–Crippen LogP) is 5.76. The molecule has 0 aliphatic heterocycles. The minimum absolute atomic E-state index is 0.127. The van der Waals surface area contributed by atoms with Crippen LogP contribution in [0, 0.1) is 13.8 Å². The zero-order valence-electron chi connectivity index (χ0n) is 22.1. The normalized spacial score (nSPS) is 11.3. The lowest BCUT2D eigenvalue weighted by atomic mass is 9.84. The summed E-state index contributed by atoms with van der Waals surface area (Å²) in [6.45, 7) is 8.61. The summed E-state index contributed by atoms with van der Waals surface area (Å²) in [5, 5.41) is 7.06. The van der Waals surface area contributed by atoms with E-state index >= 15 is 0 Å². The third kappa shape index (κ3) is 5.45. The van der Waals surface area contributed by atoms with Gasteiger partial charge in [0.15, 0.2) is 11.5 Å². The number of fused-ring (bicyclic) bond motifs is 1. The molecule has 0 fully saturated rings. The lowest BCUT2D eigenvalue weighted by Crippen LogP contribution is -2.37. The molecule has 0 saturated carbocycles. The topological polar surface area (TPSA) is 92.5 Å². The molecular formula is C30H33N3O4. The van der Waals surface area contributed by atoms with E-state index in [-0.39, 0.29) is 17.2 Å².